The van der Waals surface area contributed by atoms with Crippen LogP contribution in [-0.4, -0.2) is 89.0 Å². The van der Waals surface area contributed by atoms with Gasteiger partial charge in [0, 0.05) is 52.4 Å². The molecule has 5 heterocycles. The van der Waals surface area contributed by atoms with Crippen LogP contribution in [-0.2, 0) is 4.79 Å². The fourth-order valence-corrected chi connectivity index (χ4v) is 5.61. The summed E-state index contributed by atoms with van der Waals surface area (Å²) in [5, 5.41) is 3.13. The standard InChI is InChI=1S/C21H28N6O2S/c28-20(16-4-3-8-27(14-16)21(29)26-6-1-2-7-26)25-11-9-24(10-12-25)18-17-5-13-30-19(17)23-15-22-18/h5,13,15-16H,1-4,6-12,14H2. The van der Waals surface area contributed by atoms with Crippen molar-refractivity contribution in [2.75, 3.05) is 57.3 Å². The third-order valence-corrected chi connectivity index (χ3v) is 7.37. The Hall–Kier alpha value is -2.42. The van der Waals surface area contributed by atoms with Crippen molar-refractivity contribution < 1.29 is 9.59 Å². The van der Waals surface area contributed by atoms with Crippen LogP contribution in [0.1, 0.15) is 25.7 Å². The fraction of sp³-hybridized carbons (Fsp3) is 0.619. The maximum atomic E-state index is 13.2. The van der Waals surface area contributed by atoms with Crippen molar-refractivity contribution in [3.05, 3.63) is 17.8 Å². The number of hydrogen-bond donors (Lipinski definition) is 0. The number of aromatic nitrogens is 2. The van der Waals surface area contributed by atoms with Crippen molar-refractivity contribution in [3.8, 4) is 0 Å². The van der Waals surface area contributed by atoms with Gasteiger partial charge in [0.15, 0.2) is 0 Å². The highest BCUT2D eigenvalue weighted by Gasteiger charge is 2.34. The summed E-state index contributed by atoms with van der Waals surface area (Å²) in [6, 6.07) is 2.19. The smallest absolute Gasteiger partial charge is 0.320 e. The molecule has 3 aliphatic rings. The number of urea groups is 1. The molecule has 0 aromatic carbocycles. The summed E-state index contributed by atoms with van der Waals surface area (Å²) in [7, 11) is 0. The molecule has 2 aromatic heterocycles. The number of carbonyl (C=O) groups excluding carboxylic acids is 2. The van der Waals surface area contributed by atoms with Gasteiger partial charge in [0.2, 0.25) is 5.91 Å². The van der Waals surface area contributed by atoms with Gasteiger partial charge in [-0.25, -0.2) is 14.8 Å². The molecule has 2 aromatic rings. The van der Waals surface area contributed by atoms with Gasteiger partial charge >= 0.3 is 6.03 Å². The Labute approximate surface area is 180 Å². The van der Waals surface area contributed by atoms with E-state index < -0.39 is 0 Å². The first-order valence-corrected chi connectivity index (χ1v) is 11.8. The van der Waals surface area contributed by atoms with Crippen molar-refractivity contribution in [2.24, 2.45) is 5.92 Å². The first kappa shape index (κ1) is 19.5. The minimum Gasteiger partial charge on any atom is -0.352 e. The fourth-order valence-electron chi connectivity index (χ4n) is 4.89. The minimum atomic E-state index is -0.0699. The number of hydrogen-bond acceptors (Lipinski definition) is 6. The van der Waals surface area contributed by atoms with Crippen molar-refractivity contribution in [1.82, 2.24) is 24.7 Å². The van der Waals surface area contributed by atoms with Gasteiger partial charge in [-0.15, -0.1) is 11.3 Å². The second kappa shape index (κ2) is 8.37. The van der Waals surface area contributed by atoms with E-state index in [2.05, 4.69) is 20.9 Å². The first-order valence-electron chi connectivity index (χ1n) is 11.0. The zero-order valence-electron chi connectivity index (χ0n) is 17.2. The van der Waals surface area contributed by atoms with Crippen LogP contribution in [0.4, 0.5) is 10.6 Å². The van der Waals surface area contributed by atoms with Crippen LogP contribution in [0.15, 0.2) is 17.8 Å². The van der Waals surface area contributed by atoms with Crippen molar-refractivity contribution in [3.63, 3.8) is 0 Å². The zero-order chi connectivity index (χ0) is 20.5. The van der Waals surface area contributed by atoms with Crippen molar-refractivity contribution in [2.45, 2.75) is 25.7 Å². The van der Waals surface area contributed by atoms with E-state index in [1.54, 1.807) is 17.7 Å². The summed E-state index contributed by atoms with van der Waals surface area (Å²) >= 11 is 1.62. The summed E-state index contributed by atoms with van der Waals surface area (Å²) in [5.41, 5.74) is 0. The van der Waals surface area contributed by atoms with E-state index in [9.17, 15) is 9.59 Å². The maximum Gasteiger partial charge on any atom is 0.320 e. The molecule has 3 saturated heterocycles. The first-order chi connectivity index (χ1) is 14.7. The number of likely N-dealkylation sites (tertiary alicyclic amines) is 2. The van der Waals surface area contributed by atoms with E-state index in [0.29, 0.717) is 19.6 Å². The van der Waals surface area contributed by atoms with E-state index in [0.717, 1.165) is 74.4 Å². The number of piperazine rings is 1. The third-order valence-electron chi connectivity index (χ3n) is 6.55. The summed E-state index contributed by atoms with van der Waals surface area (Å²) in [4.78, 5) is 43.8. The molecule has 9 heteroatoms. The number of fused-ring (bicyclic) bond motifs is 1. The minimum absolute atomic E-state index is 0.0699. The monoisotopic (exact) mass is 428 g/mol. The van der Waals surface area contributed by atoms with Gasteiger partial charge in [-0.3, -0.25) is 4.79 Å². The molecule has 160 valence electrons. The lowest BCUT2D eigenvalue weighted by atomic mass is 9.96. The molecule has 0 saturated carbocycles. The van der Waals surface area contributed by atoms with Crippen LogP contribution < -0.4 is 4.90 Å². The van der Waals surface area contributed by atoms with Crippen LogP contribution in [0, 0.1) is 5.92 Å². The molecule has 1 unspecified atom stereocenters. The maximum absolute atomic E-state index is 13.2. The zero-order valence-corrected chi connectivity index (χ0v) is 18.0. The summed E-state index contributed by atoms with van der Waals surface area (Å²) in [6.07, 6.45) is 5.60. The SMILES string of the molecule is O=C(C1CCCN(C(=O)N2CCCC2)C1)N1CCN(c2ncnc3sccc23)CC1. The molecule has 0 bridgehead atoms. The molecule has 3 fully saturated rings. The molecule has 3 aliphatic heterocycles. The van der Waals surface area contributed by atoms with Gasteiger partial charge in [-0.1, -0.05) is 0 Å². The number of carbonyl (C=O) groups is 2. The number of nitrogens with zero attached hydrogens (tertiary/aromatic N) is 6. The van der Waals surface area contributed by atoms with E-state index in [-0.39, 0.29) is 17.9 Å². The highest BCUT2D eigenvalue weighted by Crippen LogP contribution is 2.28. The second-order valence-electron chi connectivity index (χ2n) is 8.41. The molecule has 0 radical (unpaired) electrons. The highest BCUT2D eigenvalue weighted by molar-refractivity contribution is 7.16. The third kappa shape index (κ3) is 3.71. The lowest BCUT2D eigenvalue weighted by Crippen LogP contribution is -2.54. The van der Waals surface area contributed by atoms with E-state index >= 15 is 0 Å². The topological polar surface area (TPSA) is 72.9 Å². The molecule has 0 spiro atoms. The quantitative estimate of drug-likeness (QED) is 0.734. The lowest BCUT2D eigenvalue weighted by Gasteiger charge is -2.40. The van der Waals surface area contributed by atoms with Crippen LogP contribution in [0.2, 0.25) is 0 Å². The van der Waals surface area contributed by atoms with E-state index in [1.165, 1.54) is 0 Å². The number of piperidine rings is 1. The molecule has 0 N–H and O–H groups in total. The summed E-state index contributed by atoms with van der Waals surface area (Å²) < 4.78 is 0. The van der Waals surface area contributed by atoms with Crippen LogP contribution >= 0.6 is 11.3 Å². The molecular formula is C21H28N6O2S. The average Bonchev–Trinajstić information content (AvgIpc) is 3.50. The van der Waals surface area contributed by atoms with Gasteiger partial charge in [-0.05, 0) is 37.1 Å². The number of anilines is 1. The Morgan fingerprint density at radius 3 is 2.47 bits per heavy atom. The second-order valence-corrected chi connectivity index (χ2v) is 9.31. The molecular weight excluding hydrogens is 400 g/mol. The normalized spacial score (nSPS) is 22.7. The Balaban J connectivity index is 1.19. The van der Waals surface area contributed by atoms with Gasteiger partial charge in [0.25, 0.3) is 0 Å². The predicted molar refractivity (Wildman–Crippen MR) is 117 cm³/mol. The molecule has 1 atom stereocenters. The summed E-state index contributed by atoms with van der Waals surface area (Å²) in [6.45, 7) is 6.00. The molecule has 0 aliphatic carbocycles. The van der Waals surface area contributed by atoms with Crippen LogP contribution in [0.25, 0.3) is 10.2 Å². The number of amides is 3. The van der Waals surface area contributed by atoms with Crippen LogP contribution in [0.3, 0.4) is 0 Å². The van der Waals surface area contributed by atoms with Gasteiger partial charge in [0.05, 0.1) is 11.3 Å². The van der Waals surface area contributed by atoms with Gasteiger partial charge in [-0.2, -0.15) is 0 Å². The Morgan fingerprint density at radius 1 is 0.900 bits per heavy atom. The Bertz CT molecular complexity index is 919. The van der Waals surface area contributed by atoms with Crippen molar-refractivity contribution >= 4 is 39.3 Å². The van der Waals surface area contributed by atoms with Crippen molar-refractivity contribution in [1.29, 1.82) is 0 Å². The highest BCUT2D eigenvalue weighted by atomic mass is 32.1. The van der Waals surface area contributed by atoms with E-state index in [4.69, 9.17) is 0 Å². The molecule has 3 amide bonds. The van der Waals surface area contributed by atoms with E-state index in [1.807, 2.05) is 20.1 Å². The predicted octanol–water partition coefficient (Wildman–Crippen LogP) is 2.27. The average molecular weight is 429 g/mol. The summed E-state index contributed by atoms with van der Waals surface area (Å²) in [5.74, 6) is 1.10. The molecule has 5 rings (SSSR count). The lowest BCUT2D eigenvalue weighted by molar-refractivity contribution is -0.137. The Morgan fingerprint density at radius 2 is 1.67 bits per heavy atom. The van der Waals surface area contributed by atoms with Gasteiger partial charge < -0.3 is 19.6 Å². The Kier molecular flexibility index (Phi) is 5.45. The van der Waals surface area contributed by atoms with Crippen LogP contribution in [0.5, 0.6) is 0 Å². The molecule has 30 heavy (non-hydrogen) atoms. The largest absolute Gasteiger partial charge is 0.352 e. The number of rotatable bonds is 2. The number of thiophene rings is 1. The van der Waals surface area contributed by atoms with Gasteiger partial charge in [0.1, 0.15) is 17.0 Å². The molecule has 8 nitrogen and oxygen atoms in total.